The smallest absolute Gasteiger partial charge is 0.329 e. The van der Waals surface area contributed by atoms with Crippen molar-refractivity contribution in [2.75, 3.05) is 11.9 Å². The van der Waals surface area contributed by atoms with Crippen molar-refractivity contribution in [3.63, 3.8) is 0 Å². The first-order chi connectivity index (χ1) is 15.5. The Kier molecular flexibility index (Phi) is 6.42. The Hall–Kier alpha value is -3.78. The summed E-state index contributed by atoms with van der Waals surface area (Å²) in [6.45, 7) is -0.712. The summed E-state index contributed by atoms with van der Waals surface area (Å²) in [5.74, 6) is -1.12. The van der Waals surface area contributed by atoms with Crippen molar-refractivity contribution in [2.45, 2.75) is 16.3 Å². The second-order valence-corrected chi connectivity index (χ2v) is 8.15. The first-order valence-electron chi connectivity index (χ1n) is 9.94. The van der Waals surface area contributed by atoms with Crippen molar-refractivity contribution in [1.82, 2.24) is 9.13 Å². The van der Waals surface area contributed by atoms with Crippen LogP contribution in [0.15, 0.2) is 93.4 Å². The van der Waals surface area contributed by atoms with E-state index in [0.717, 1.165) is 15.3 Å². The van der Waals surface area contributed by atoms with Crippen LogP contribution in [0.5, 0.6) is 0 Å². The van der Waals surface area contributed by atoms with Crippen LogP contribution in [0, 0.1) is 0 Å². The summed E-state index contributed by atoms with van der Waals surface area (Å²) in [6, 6.07) is 24.4. The lowest BCUT2D eigenvalue weighted by atomic mass is 10.3. The standard InChI is InChI=1S/C24H21N3O4S/c1-26-19-12-6-7-13-20(19)27(24(26)30)15-23(29)31-16-22(28)25-18-11-5-8-14-21(18)32-17-9-3-2-4-10-17/h2-14H,15-16H2,1H3,(H,25,28). The van der Waals surface area contributed by atoms with Gasteiger partial charge >= 0.3 is 11.7 Å². The zero-order valence-electron chi connectivity index (χ0n) is 17.4. The molecule has 1 amide bonds. The molecule has 0 saturated carbocycles. The number of amides is 1. The number of hydrogen-bond acceptors (Lipinski definition) is 5. The minimum absolute atomic E-state index is 0.270. The van der Waals surface area contributed by atoms with E-state index in [1.165, 1.54) is 20.9 Å². The lowest BCUT2D eigenvalue weighted by Gasteiger charge is -2.11. The Morgan fingerprint density at radius 1 is 0.906 bits per heavy atom. The maximum absolute atomic E-state index is 12.4. The fourth-order valence-corrected chi connectivity index (χ4v) is 4.22. The third-order valence-electron chi connectivity index (χ3n) is 4.84. The molecule has 0 aliphatic heterocycles. The second-order valence-electron chi connectivity index (χ2n) is 7.04. The molecule has 0 bridgehead atoms. The molecule has 1 N–H and O–H groups in total. The Bertz CT molecular complexity index is 1330. The number of carbonyl (C=O) groups is 2. The molecule has 0 unspecified atom stereocenters. The van der Waals surface area contributed by atoms with E-state index in [-0.39, 0.29) is 12.2 Å². The predicted molar refractivity (Wildman–Crippen MR) is 124 cm³/mol. The van der Waals surface area contributed by atoms with Crippen LogP contribution in [0.2, 0.25) is 0 Å². The highest BCUT2D eigenvalue weighted by atomic mass is 32.2. The molecule has 0 saturated heterocycles. The summed E-state index contributed by atoms with van der Waals surface area (Å²) in [4.78, 5) is 39.0. The van der Waals surface area contributed by atoms with Crippen molar-refractivity contribution in [1.29, 1.82) is 0 Å². The van der Waals surface area contributed by atoms with Gasteiger partial charge in [-0.2, -0.15) is 0 Å². The van der Waals surface area contributed by atoms with Crippen LogP contribution in [0.1, 0.15) is 0 Å². The molecule has 32 heavy (non-hydrogen) atoms. The third-order valence-corrected chi connectivity index (χ3v) is 5.92. The number of nitrogens with zero attached hydrogens (tertiary/aromatic N) is 2. The monoisotopic (exact) mass is 447 g/mol. The number of aryl methyl sites for hydroxylation is 1. The maximum Gasteiger partial charge on any atom is 0.329 e. The molecule has 0 atom stereocenters. The van der Waals surface area contributed by atoms with Gasteiger partial charge in [0.2, 0.25) is 0 Å². The fraction of sp³-hybridized carbons (Fsp3) is 0.125. The molecule has 0 fully saturated rings. The Morgan fingerprint density at radius 3 is 2.34 bits per heavy atom. The molecule has 8 heteroatoms. The van der Waals surface area contributed by atoms with Crippen molar-refractivity contribution in [2.24, 2.45) is 7.05 Å². The van der Waals surface area contributed by atoms with E-state index in [1.54, 1.807) is 31.3 Å². The summed E-state index contributed by atoms with van der Waals surface area (Å²) in [5, 5.41) is 2.79. The quantitative estimate of drug-likeness (QED) is 0.437. The molecular weight excluding hydrogens is 426 g/mol. The average molecular weight is 448 g/mol. The molecule has 162 valence electrons. The van der Waals surface area contributed by atoms with E-state index in [2.05, 4.69) is 5.32 Å². The van der Waals surface area contributed by atoms with Crippen molar-refractivity contribution >= 4 is 40.4 Å². The number of hydrogen-bond donors (Lipinski definition) is 1. The lowest BCUT2D eigenvalue weighted by Crippen LogP contribution is -2.28. The molecule has 0 radical (unpaired) electrons. The lowest BCUT2D eigenvalue weighted by molar-refractivity contribution is -0.147. The number of anilines is 1. The molecule has 0 aliphatic rings. The number of esters is 1. The molecule has 3 aromatic carbocycles. The highest BCUT2D eigenvalue weighted by Gasteiger charge is 2.15. The minimum atomic E-state index is -0.662. The fourth-order valence-electron chi connectivity index (χ4n) is 3.30. The highest BCUT2D eigenvalue weighted by Crippen LogP contribution is 2.33. The molecule has 0 spiro atoms. The predicted octanol–water partition coefficient (Wildman–Crippen LogP) is 3.67. The SMILES string of the molecule is Cn1c(=O)n(CC(=O)OCC(=O)Nc2ccccc2Sc2ccccc2)c2ccccc21. The summed E-state index contributed by atoms with van der Waals surface area (Å²) in [5.41, 5.74) is 1.66. The number of rotatable bonds is 7. The van der Waals surface area contributed by atoms with Crippen LogP contribution in [0.25, 0.3) is 11.0 Å². The van der Waals surface area contributed by atoms with E-state index in [9.17, 15) is 14.4 Å². The third kappa shape index (κ3) is 4.76. The number of benzene rings is 3. The molecule has 7 nitrogen and oxygen atoms in total. The molecule has 4 rings (SSSR count). The number of imidazole rings is 1. The van der Waals surface area contributed by atoms with Crippen LogP contribution in [0.3, 0.4) is 0 Å². The molecule has 1 aromatic heterocycles. The zero-order chi connectivity index (χ0) is 22.5. The largest absolute Gasteiger partial charge is 0.454 e. The highest BCUT2D eigenvalue weighted by molar-refractivity contribution is 7.99. The minimum Gasteiger partial charge on any atom is -0.454 e. The summed E-state index contributed by atoms with van der Waals surface area (Å²) in [7, 11) is 1.64. The van der Waals surface area contributed by atoms with Crippen LogP contribution >= 0.6 is 11.8 Å². The number of fused-ring (bicyclic) bond motifs is 1. The number of carbonyl (C=O) groups excluding carboxylic acids is 2. The van der Waals surface area contributed by atoms with E-state index < -0.39 is 18.5 Å². The van der Waals surface area contributed by atoms with Crippen molar-refractivity contribution in [3.05, 3.63) is 89.3 Å². The topological polar surface area (TPSA) is 82.3 Å². The molecular formula is C24H21N3O4S. The van der Waals surface area contributed by atoms with Gasteiger partial charge in [-0.1, -0.05) is 54.2 Å². The van der Waals surface area contributed by atoms with Crippen LogP contribution in [-0.2, 0) is 27.9 Å². The van der Waals surface area contributed by atoms with Crippen molar-refractivity contribution in [3.8, 4) is 0 Å². The van der Waals surface area contributed by atoms with E-state index in [1.807, 2.05) is 54.6 Å². The van der Waals surface area contributed by atoms with Gasteiger partial charge in [-0.15, -0.1) is 0 Å². The van der Waals surface area contributed by atoms with E-state index >= 15 is 0 Å². The average Bonchev–Trinajstić information content (AvgIpc) is 3.05. The second kappa shape index (κ2) is 9.57. The molecule has 4 aromatic rings. The van der Waals surface area contributed by atoms with Gasteiger partial charge < -0.3 is 10.1 Å². The summed E-state index contributed by atoms with van der Waals surface area (Å²) >= 11 is 1.52. The Labute approximate surface area is 188 Å². The van der Waals surface area contributed by atoms with Crippen LogP contribution in [-0.4, -0.2) is 27.6 Å². The normalized spacial score (nSPS) is 10.8. The van der Waals surface area contributed by atoms with Gasteiger partial charge in [-0.05, 0) is 36.4 Å². The van der Waals surface area contributed by atoms with Gasteiger partial charge in [-0.3, -0.25) is 18.7 Å². The van der Waals surface area contributed by atoms with Gasteiger partial charge in [0.05, 0.1) is 16.7 Å². The van der Waals surface area contributed by atoms with Gasteiger partial charge in [0.15, 0.2) is 6.61 Å². The van der Waals surface area contributed by atoms with Gasteiger partial charge in [-0.25, -0.2) is 4.79 Å². The van der Waals surface area contributed by atoms with E-state index in [4.69, 9.17) is 4.74 Å². The van der Waals surface area contributed by atoms with Gasteiger partial charge in [0.1, 0.15) is 6.54 Å². The summed E-state index contributed by atoms with van der Waals surface area (Å²) < 4.78 is 7.93. The van der Waals surface area contributed by atoms with E-state index in [0.29, 0.717) is 11.2 Å². The summed E-state index contributed by atoms with van der Waals surface area (Å²) in [6.07, 6.45) is 0. The van der Waals surface area contributed by atoms with Crippen LogP contribution < -0.4 is 11.0 Å². The van der Waals surface area contributed by atoms with Crippen LogP contribution in [0.4, 0.5) is 5.69 Å². The number of aromatic nitrogens is 2. The maximum atomic E-state index is 12.4. The number of ether oxygens (including phenoxy) is 1. The number of nitrogens with one attached hydrogen (secondary N) is 1. The van der Waals surface area contributed by atoms with Gasteiger partial charge in [0.25, 0.3) is 5.91 Å². The van der Waals surface area contributed by atoms with Crippen molar-refractivity contribution < 1.29 is 14.3 Å². The Morgan fingerprint density at radius 2 is 1.56 bits per heavy atom. The Balaban J connectivity index is 1.38. The first-order valence-corrected chi connectivity index (χ1v) is 10.8. The molecule has 1 heterocycles. The molecule has 0 aliphatic carbocycles. The zero-order valence-corrected chi connectivity index (χ0v) is 18.2. The number of para-hydroxylation sites is 3. The van der Waals surface area contributed by atoms with Gasteiger partial charge in [0, 0.05) is 16.8 Å². The first kappa shape index (κ1) is 21.5.